The van der Waals surface area contributed by atoms with Crippen LogP contribution >= 0.6 is 0 Å². The molecule has 1 saturated carbocycles. The summed E-state index contributed by atoms with van der Waals surface area (Å²) in [5, 5.41) is 9.13. The van der Waals surface area contributed by atoms with E-state index in [1.807, 2.05) is 0 Å². The molecule has 5 heteroatoms. The van der Waals surface area contributed by atoms with Gasteiger partial charge in [0.1, 0.15) is 0 Å². The highest BCUT2D eigenvalue weighted by molar-refractivity contribution is 5.84. The molecule has 1 saturated heterocycles. The topological polar surface area (TPSA) is 70.2 Å². The molecule has 1 aliphatic carbocycles. The lowest BCUT2D eigenvalue weighted by atomic mass is 9.75. The SMILES string of the molecule is CC(C)C1(C(=O)NCCC(=O)NC2CC2)CCNC1. The average molecular weight is 267 g/mol. The van der Waals surface area contributed by atoms with E-state index in [2.05, 4.69) is 29.8 Å². The molecule has 0 aromatic heterocycles. The van der Waals surface area contributed by atoms with Gasteiger partial charge in [-0.1, -0.05) is 13.8 Å². The van der Waals surface area contributed by atoms with E-state index < -0.39 is 0 Å². The van der Waals surface area contributed by atoms with E-state index in [1.54, 1.807) is 0 Å². The lowest BCUT2D eigenvalue weighted by Gasteiger charge is -2.31. The molecule has 2 fully saturated rings. The molecule has 1 unspecified atom stereocenters. The Morgan fingerprint density at radius 3 is 2.63 bits per heavy atom. The van der Waals surface area contributed by atoms with Crippen LogP contribution in [0.5, 0.6) is 0 Å². The van der Waals surface area contributed by atoms with Crippen LogP contribution in [0.2, 0.25) is 0 Å². The molecular weight excluding hydrogens is 242 g/mol. The summed E-state index contributed by atoms with van der Waals surface area (Å²) < 4.78 is 0. The summed E-state index contributed by atoms with van der Waals surface area (Å²) in [5.74, 6) is 0.445. The Morgan fingerprint density at radius 1 is 1.37 bits per heavy atom. The molecule has 2 rings (SSSR count). The molecule has 1 aliphatic heterocycles. The van der Waals surface area contributed by atoms with Gasteiger partial charge in [-0.15, -0.1) is 0 Å². The van der Waals surface area contributed by atoms with Gasteiger partial charge in [0.2, 0.25) is 11.8 Å². The lowest BCUT2D eigenvalue weighted by Crippen LogP contribution is -2.46. The third-order valence-electron chi connectivity index (χ3n) is 4.33. The largest absolute Gasteiger partial charge is 0.355 e. The predicted molar refractivity (Wildman–Crippen MR) is 73.5 cm³/mol. The summed E-state index contributed by atoms with van der Waals surface area (Å²) >= 11 is 0. The summed E-state index contributed by atoms with van der Waals surface area (Å²) in [6, 6.07) is 0.393. The first-order valence-electron chi connectivity index (χ1n) is 7.33. The molecule has 0 spiro atoms. The van der Waals surface area contributed by atoms with Crippen LogP contribution in [0.3, 0.4) is 0 Å². The Morgan fingerprint density at radius 2 is 2.11 bits per heavy atom. The van der Waals surface area contributed by atoms with Gasteiger partial charge in [0, 0.05) is 25.6 Å². The maximum Gasteiger partial charge on any atom is 0.227 e. The van der Waals surface area contributed by atoms with Crippen molar-refractivity contribution in [2.75, 3.05) is 19.6 Å². The van der Waals surface area contributed by atoms with Crippen LogP contribution in [0, 0.1) is 11.3 Å². The average Bonchev–Trinajstić information content (AvgIpc) is 3.02. The minimum absolute atomic E-state index is 0.0472. The Labute approximate surface area is 114 Å². The van der Waals surface area contributed by atoms with Crippen LogP contribution in [0.25, 0.3) is 0 Å². The van der Waals surface area contributed by atoms with Gasteiger partial charge in [0.25, 0.3) is 0 Å². The number of hydrogen-bond acceptors (Lipinski definition) is 3. The molecule has 1 heterocycles. The smallest absolute Gasteiger partial charge is 0.227 e. The van der Waals surface area contributed by atoms with E-state index in [9.17, 15) is 9.59 Å². The van der Waals surface area contributed by atoms with Gasteiger partial charge in [-0.05, 0) is 31.7 Å². The van der Waals surface area contributed by atoms with Crippen LogP contribution in [0.1, 0.15) is 39.5 Å². The Balaban J connectivity index is 1.74. The summed E-state index contributed by atoms with van der Waals surface area (Å²) in [4.78, 5) is 23.9. The molecule has 19 heavy (non-hydrogen) atoms. The molecule has 0 aromatic rings. The van der Waals surface area contributed by atoms with Gasteiger partial charge < -0.3 is 16.0 Å². The zero-order valence-corrected chi connectivity index (χ0v) is 11.9. The highest BCUT2D eigenvalue weighted by Gasteiger charge is 2.43. The highest BCUT2D eigenvalue weighted by Crippen LogP contribution is 2.34. The van der Waals surface area contributed by atoms with Crippen LogP contribution in [-0.2, 0) is 9.59 Å². The fourth-order valence-corrected chi connectivity index (χ4v) is 2.65. The van der Waals surface area contributed by atoms with Crippen LogP contribution < -0.4 is 16.0 Å². The highest BCUT2D eigenvalue weighted by atomic mass is 16.2. The summed E-state index contributed by atoms with van der Waals surface area (Å²) in [7, 11) is 0. The minimum Gasteiger partial charge on any atom is -0.355 e. The zero-order valence-electron chi connectivity index (χ0n) is 11.9. The maximum atomic E-state index is 12.3. The van der Waals surface area contributed by atoms with Crippen molar-refractivity contribution in [2.45, 2.75) is 45.6 Å². The number of amides is 2. The van der Waals surface area contributed by atoms with Gasteiger partial charge in [-0.25, -0.2) is 0 Å². The van der Waals surface area contributed by atoms with E-state index in [1.165, 1.54) is 0 Å². The number of carbonyl (C=O) groups is 2. The van der Waals surface area contributed by atoms with Crippen molar-refractivity contribution in [3.05, 3.63) is 0 Å². The number of hydrogen-bond donors (Lipinski definition) is 3. The number of carbonyl (C=O) groups excluding carboxylic acids is 2. The van der Waals surface area contributed by atoms with Crippen LogP contribution in [-0.4, -0.2) is 37.5 Å². The van der Waals surface area contributed by atoms with Crippen molar-refractivity contribution in [1.82, 2.24) is 16.0 Å². The quantitative estimate of drug-likeness (QED) is 0.653. The first kappa shape index (κ1) is 14.3. The molecule has 2 amide bonds. The first-order chi connectivity index (χ1) is 9.04. The van der Waals surface area contributed by atoms with E-state index >= 15 is 0 Å². The monoisotopic (exact) mass is 267 g/mol. The lowest BCUT2D eigenvalue weighted by molar-refractivity contribution is -0.132. The second kappa shape index (κ2) is 5.90. The Kier molecular flexibility index (Phi) is 4.45. The van der Waals surface area contributed by atoms with Gasteiger partial charge >= 0.3 is 0 Å². The summed E-state index contributed by atoms with van der Waals surface area (Å²) in [5.41, 5.74) is -0.299. The van der Waals surface area contributed by atoms with Gasteiger partial charge in [0.05, 0.1) is 5.41 Å². The van der Waals surface area contributed by atoms with Crippen molar-refractivity contribution in [2.24, 2.45) is 11.3 Å². The van der Waals surface area contributed by atoms with E-state index in [0.29, 0.717) is 24.9 Å². The molecule has 0 radical (unpaired) electrons. The van der Waals surface area contributed by atoms with Gasteiger partial charge in [-0.3, -0.25) is 9.59 Å². The Bertz CT molecular complexity index is 345. The van der Waals surface area contributed by atoms with Crippen molar-refractivity contribution >= 4 is 11.8 Å². The van der Waals surface area contributed by atoms with Crippen LogP contribution in [0.4, 0.5) is 0 Å². The van der Waals surface area contributed by atoms with Crippen molar-refractivity contribution in [3.63, 3.8) is 0 Å². The third kappa shape index (κ3) is 3.47. The molecule has 3 N–H and O–H groups in total. The fraction of sp³-hybridized carbons (Fsp3) is 0.857. The van der Waals surface area contributed by atoms with Crippen molar-refractivity contribution in [3.8, 4) is 0 Å². The molecule has 108 valence electrons. The molecule has 5 nitrogen and oxygen atoms in total. The number of nitrogens with one attached hydrogen (secondary N) is 3. The van der Waals surface area contributed by atoms with E-state index in [-0.39, 0.29) is 17.2 Å². The number of rotatable bonds is 6. The van der Waals surface area contributed by atoms with Crippen molar-refractivity contribution < 1.29 is 9.59 Å². The summed E-state index contributed by atoms with van der Waals surface area (Å²) in [6.45, 7) is 6.25. The summed E-state index contributed by atoms with van der Waals surface area (Å²) in [6.07, 6.45) is 3.45. The normalized spacial score (nSPS) is 26.5. The zero-order chi connectivity index (χ0) is 13.9. The van der Waals surface area contributed by atoms with Crippen molar-refractivity contribution in [1.29, 1.82) is 0 Å². The van der Waals surface area contributed by atoms with Gasteiger partial charge in [0.15, 0.2) is 0 Å². The van der Waals surface area contributed by atoms with E-state index in [4.69, 9.17) is 0 Å². The molecule has 0 bridgehead atoms. The predicted octanol–water partition coefficient (Wildman–Crippen LogP) is 0.407. The molecule has 2 aliphatic rings. The van der Waals surface area contributed by atoms with Crippen LogP contribution in [0.15, 0.2) is 0 Å². The Hall–Kier alpha value is -1.10. The fourth-order valence-electron chi connectivity index (χ4n) is 2.65. The van der Waals surface area contributed by atoms with Gasteiger partial charge in [-0.2, -0.15) is 0 Å². The second-order valence-corrected chi connectivity index (χ2v) is 6.09. The maximum absolute atomic E-state index is 12.3. The molecule has 0 aromatic carbocycles. The molecular formula is C14H25N3O2. The minimum atomic E-state index is -0.299. The second-order valence-electron chi connectivity index (χ2n) is 6.09. The van der Waals surface area contributed by atoms with E-state index in [0.717, 1.165) is 32.4 Å². The first-order valence-corrected chi connectivity index (χ1v) is 7.33. The third-order valence-corrected chi connectivity index (χ3v) is 4.33. The standard InChI is InChI=1S/C14H25N3O2/c1-10(2)14(6-8-15-9-14)13(19)16-7-5-12(18)17-11-3-4-11/h10-11,15H,3-9H2,1-2H3,(H,16,19)(H,17,18). The molecule has 1 atom stereocenters.